The maximum Gasteiger partial charge on any atom is 0.240 e. The fourth-order valence-electron chi connectivity index (χ4n) is 2.72. The molecule has 1 aliphatic rings. The van der Waals surface area contributed by atoms with E-state index in [9.17, 15) is 13.2 Å². The van der Waals surface area contributed by atoms with Gasteiger partial charge in [-0.3, -0.25) is 4.79 Å². The highest BCUT2D eigenvalue weighted by molar-refractivity contribution is 7.89. The molecule has 2 N–H and O–H groups in total. The molecule has 2 unspecified atom stereocenters. The van der Waals surface area contributed by atoms with Gasteiger partial charge in [-0.2, -0.15) is 0 Å². The van der Waals surface area contributed by atoms with E-state index in [0.717, 1.165) is 19.4 Å². The van der Waals surface area contributed by atoms with Crippen molar-refractivity contribution in [3.8, 4) is 0 Å². The highest BCUT2D eigenvalue weighted by Gasteiger charge is 2.18. The van der Waals surface area contributed by atoms with Crippen LogP contribution in [0, 0.1) is 0 Å². The number of hydrogen-bond donors (Lipinski definition) is 2. The van der Waals surface area contributed by atoms with Gasteiger partial charge in [0, 0.05) is 31.9 Å². The Bertz CT molecular complexity index is 654. The number of ether oxygens (including phenoxy) is 2. The summed E-state index contributed by atoms with van der Waals surface area (Å²) in [5, 5.41) is 2.78. The molecule has 1 aromatic rings. The quantitative estimate of drug-likeness (QED) is 0.692. The van der Waals surface area contributed by atoms with Gasteiger partial charge >= 0.3 is 0 Å². The minimum atomic E-state index is -3.61. The summed E-state index contributed by atoms with van der Waals surface area (Å²) in [7, 11) is -2.09. The molecule has 1 amide bonds. The Kier molecular flexibility index (Phi) is 7.37. The second-order valence-electron chi connectivity index (χ2n) is 6.22. The van der Waals surface area contributed by atoms with Crippen LogP contribution in [0.5, 0.6) is 0 Å². The Hall–Kier alpha value is -1.48. The van der Waals surface area contributed by atoms with E-state index in [2.05, 4.69) is 10.0 Å². The van der Waals surface area contributed by atoms with Crippen molar-refractivity contribution in [3.05, 3.63) is 24.3 Å². The zero-order valence-corrected chi connectivity index (χ0v) is 15.5. The number of anilines is 1. The maximum absolute atomic E-state index is 12.2. The number of benzene rings is 1. The Balaban J connectivity index is 1.87. The molecule has 0 bridgehead atoms. The summed E-state index contributed by atoms with van der Waals surface area (Å²) in [6, 6.07) is 5.78. The van der Waals surface area contributed by atoms with Crippen LogP contribution in [0.4, 0.5) is 5.69 Å². The van der Waals surface area contributed by atoms with Crippen LogP contribution >= 0.6 is 0 Å². The number of amides is 1. The molecule has 8 heteroatoms. The Morgan fingerprint density at radius 2 is 2.08 bits per heavy atom. The summed E-state index contributed by atoms with van der Waals surface area (Å²) in [5.74, 6) is -0.0991. The van der Waals surface area contributed by atoms with Gasteiger partial charge in [-0.15, -0.1) is 0 Å². The van der Waals surface area contributed by atoms with Gasteiger partial charge in [0.25, 0.3) is 0 Å². The molecule has 7 nitrogen and oxygen atoms in total. The average Bonchev–Trinajstić information content (AvgIpc) is 3.06. The molecule has 0 saturated carbocycles. The van der Waals surface area contributed by atoms with Gasteiger partial charge in [-0.25, -0.2) is 13.1 Å². The van der Waals surface area contributed by atoms with Crippen LogP contribution in [-0.4, -0.2) is 46.8 Å². The number of nitrogens with one attached hydrogen (secondary N) is 2. The van der Waals surface area contributed by atoms with Crippen molar-refractivity contribution < 1.29 is 22.7 Å². The molecule has 1 fully saturated rings. The summed E-state index contributed by atoms with van der Waals surface area (Å²) in [4.78, 5) is 12.1. The van der Waals surface area contributed by atoms with Crippen LogP contribution in [-0.2, 0) is 24.3 Å². The zero-order chi connectivity index (χ0) is 18.3. The van der Waals surface area contributed by atoms with Crippen LogP contribution < -0.4 is 10.0 Å². The van der Waals surface area contributed by atoms with E-state index >= 15 is 0 Å². The van der Waals surface area contributed by atoms with Gasteiger partial charge in [-0.1, -0.05) is 0 Å². The fourth-order valence-corrected chi connectivity index (χ4v) is 3.95. The van der Waals surface area contributed by atoms with Crippen LogP contribution in [0.25, 0.3) is 0 Å². The predicted molar refractivity (Wildman–Crippen MR) is 94.9 cm³/mol. The van der Waals surface area contributed by atoms with Crippen LogP contribution in [0.3, 0.4) is 0 Å². The maximum atomic E-state index is 12.2. The monoisotopic (exact) mass is 370 g/mol. The van der Waals surface area contributed by atoms with E-state index < -0.39 is 10.0 Å². The van der Waals surface area contributed by atoms with Crippen molar-refractivity contribution in [3.63, 3.8) is 0 Å². The first kappa shape index (κ1) is 19.8. The lowest BCUT2D eigenvalue weighted by Crippen LogP contribution is -2.35. The number of sulfonamides is 1. The molecular formula is C17H26N2O5S. The lowest BCUT2D eigenvalue weighted by Gasteiger charge is -2.13. The lowest BCUT2D eigenvalue weighted by atomic mass is 10.1. The van der Waals surface area contributed by atoms with Crippen molar-refractivity contribution >= 4 is 21.6 Å². The molecule has 25 heavy (non-hydrogen) atoms. The largest absolute Gasteiger partial charge is 0.383 e. The number of carbonyl (C=O) groups is 1. The molecule has 2 rings (SSSR count). The second kappa shape index (κ2) is 9.28. The molecule has 1 saturated heterocycles. The van der Waals surface area contributed by atoms with Crippen LogP contribution in [0.1, 0.15) is 32.6 Å². The van der Waals surface area contributed by atoms with Crippen molar-refractivity contribution in [2.75, 3.05) is 25.6 Å². The topological polar surface area (TPSA) is 93.7 Å². The zero-order valence-electron chi connectivity index (χ0n) is 14.7. The summed E-state index contributed by atoms with van der Waals surface area (Å²) in [6.45, 7) is 2.79. The molecule has 140 valence electrons. The van der Waals surface area contributed by atoms with Crippen molar-refractivity contribution in [2.24, 2.45) is 0 Å². The summed E-state index contributed by atoms with van der Waals surface area (Å²) in [5.41, 5.74) is 0.571. The highest BCUT2D eigenvalue weighted by Crippen LogP contribution is 2.18. The highest BCUT2D eigenvalue weighted by atomic mass is 32.2. The average molecular weight is 370 g/mol. The van der Waals surface area contributed by atoms with Crippen LogP contribution in [0.15, 0.2) is 29.2 Å². The van der Waals surface area contributed by atoms with Gasteiger partial charge in [0.05, 0.1) is 17.6 Å². The van der Waals surface area contributed by atoms with Crippen LogP contribution in [0.2, 0.25) is 0 Å². The SMILES string of the molecule is COCC(C)NS(=O)(=O)c1ccc(NC(=O)CCC2CCCO2)cc1. The lowest BCUT2D eigenvalue weighted by molar-refractivity contribution is -0.116. The molecule has 0 radical (unpaired) electrons. The number of rotatable bonds is 9. The van der Waals surface area contributed by atoms with Gasteiger partial charge < -0.3 is 14.8 Å². The molecule has 0 aromatic heterocycles. The smallest absolute Gasteiger partial charge is 0.240 e. The summed E-state index contributed by atoms with van der Waals surface area (Å²) < 4.78 is 37.4. The van der Waals surface area contributed by atoms with E-state index in [4.69, 9.17) is 9.47 Å². The molecule has 0 spiro atoms. The van der Waals surface area contributed by atoms with Crippen molar-refractivity contribution in [2.45, 2.75) is 49.6 Å². The van der Waals surface area contributed by atoms with Gasteiger partial charge in [0.1, 0.15) is 0 Å². The van der Waals surface area contributed by atoms with E-state index in [1.807, 2.05) is 0 Å². The van der Waals surface area contributed by atoms with E-state index in [1.165, 1.54) is 19.2 Å². The van der Waals surface area contributed by atoms with E-state index in [-0.39, 0.29) is 29.6 Å². The van der Waals surface area contributed by atoms with E-state index in [0.29, 0.717) is 18.5 Å². The normalized spacial score (nSPS) is 18.9. The third-order valence-corrected chi connectivity index (χ3v) is 5.54. The Morgan fingerprint density at radius 3 is 2.68 bits per heavy atom. The fraction of sp³-hybridized carbons (Fsp3) is 0.588. The third kappa shape index (κ3) is 6.39. The minimum Gasteiger partial charge on any atom is -0.383 e. The molecule has 1 aliphatic heterocycles. The minimum absolute atomic E-state index is 0.0991. The molecule has 1 aromatic carbocycles. The molecule has 0 aliphatic carbocycles. The standard InChI is InChI=1S/C17H26N2O5S/c1-13(12-23-2)19-25(21,22)16-8-5-14(6-9-16)18-17(20)10-7-15-4-3-11-24-15/h5-6,8-9,13,15,19H,3-4,7,10-12H2,1-2H3,(H,18,20). The summed E-state index contributed by atoms with van der Waals surface area (Å²) >= 11 is 0. The number of hydrogen-bond acceptors (Lipinski definition) is 5. The molecule has 1 heterocycles. The van der Waals surface area contributed by atoms with Crippen molar-refractivity contribution in [1.82, 2.24) is 4.72 Å². The first-order chi connectivity index (χ1) is 11.9. The number of carbonyl (C=O) groups excluding carboxylic acids is 1. The Labute approximate surface area is 149 Å². The van der Waals surface area contributed by atoms with Gasteiger partial charge in [0.15, 0.2) is 0 Å². The third-order valence-electron chi connectivity index (χ3n) is 3.94. The summed E-state index contributed by atoms with van der Waals surface area (Å²) in [6.07, 6.45) is 3.34. The molecular weight excluding hydrogens is 344 g/mol. The van der Waals surface area contributed by atoms with Gasteiger partial charge in [0.2, 0.25) is 15.9 Å². The van der Waals surface area contributed by atoms with Crippen molar-refractivity contribution in [1.29, 1.82) is 0 Å². The Morgan fingerprint density at radius 1 is 1.36 bits per heavy atom. The first-order valence-corrected chi connectivity index (χ1v) is 9.92. The molecule has 2 atom stereocenters. The van der Waals surface area contributed by atoms with E-state index in [1.54, 1.807) is 19.1 Å². The van der Waals surface area contributed by atoms with Gasteiger partial charge in [-0.05, 0) is 50.5 Å². The second-order valence-corrected chi connectivity index (χ2v) is 7.94. The number of methoxy groups -OCH3 is 1. The first-order valence-electron chi connectivity index (χ1n) is 8.43. The predicted octanol–water partition coefficient (Wildman–Crippen LogP) is 1.90.